The molecule has 0 bridgehead atoms. The smallest absolute Gasteiger partial charge is 0.291 e. The molecule has 1 amide bonds. The fourth-order valence-corrected chi connectivity index (χ4v) is 5.84. The van der Waals surface area contributed by atoms with Crippen LogP contribution in [0.25, 0.3) is 11.0 Å². The largest absolute Gasteiger partial charge is 0.451 e. The monoisotopic (exact) mass is 408 g/mol. The van der Waals surface area contributed by atoms with E-state index in [9.17, 15) is 4.79 Å². The van der Waals surface area contributed by atoms with Crippen molar-refractivity contribution in [3.05, 3.63) is 64.9 Å². The third kappa shape index (κ3) is 3.47. The lowest BCUT2D eigenvalue weighted by Crippen LogP contribution is -2.13. The lowest BCUT2D eigenvalue weighted by atomic mass is 10.1. The van der Waals surface area contributed by atoms with Crippen LogP contribution in [-0.2, 0) is 18.6 Å². The van der Waals surface area contributed by atoms with Crippen LogP contribution in [0.1, 0.15) is 33.7 Å². The Balaban J connectivity index is 1.43. The van der Waals surface area contributed by atoms with E-state index < -0.39 is 0 Å². The van der Waals surface area contributed by atoms with Crippen molar-refractivity contribution in [1.82, 2.24) is 0 Å². The van der Waals surface area contributed by atoms with Crippen molar-refractivity contribution in [3.63, 3.8) is 0 Å². The van der Waals surface area contributed by atoms with Gasteiger partial charge in [-0.15, -0.1) is 0 Å². The summed E-state index contributed by atoms with van der Waals surface area (Å²) in [5.41, 5.74) is 5.26. The van der Waals surface area contributed by atoms with Gasteiger partial charge in [0.2, 0.25) is 0 Å². The molecule has 0 fully saturated rings. The molecule has 0 unspecified atom stereocenters. The molecule has 2 aromatic carbocycles. The van der Waals surface area contributed by atoms with Crippen molar-refractivity contribution in [2.45, 2.75) is 25.0 Å². The van der Waals surface area contributed by atoms with Gasteiger partial charge in [0.15, 0.2) is 5.76 Å². The summed E-state index contributed by atoms with van der Waals surface area (Å²) >= 11 is 3.46. The molecule has 5 rings (SSSR count). The molecule has 1 aromatic heterocycles. The molecule has 1 N–H and O–H groups in total. The normalized spacial score (nSPS) is 15.6. The molecule has 1 aliphatic carbocycles. The molecule has 28 heavy (non-hydrogen) atoms. The third-order valence-electron chi connectivity index (χ3n) is 5.16. The Kier molecular flexibility index (Phi) is 4.91. The second-order valence-corrected chi connectivity index (χ2v) is 9.29. The maximum atomic E-state index is 13.1. The molecule has 4 nitrogen and oxygen atoms in total. The summed E-state index contributed by atoms with van der Waals surface area (Å²) in [6.07, 6.45) is 3.42. The average Bonchev–Trinajstić information content (AvgIpc) is 3.45. The first-order chi connectivity index (χ1) is 13.8. The molecular weight excluding hydrogens is 388 g/mol. The highest BCUT2D eigenvalue weighted by molar-refractivity contribution is 8.38. The molecule has 0 saturated carbocycles. The van der Waals surface area contributed by atoms with Crippen LogP contribution in [0, 0.1) is 0 Å². The minimum Gasteiger partial charge on any atom is -0.451 e. The SMILES string of the molecule is O=C(Nc1ccc2c(c1)CCC2)c1oc2ccccc2c1CSC1=NCCS1. The van der Waals surface area contributed by atoms with E-state index in [1.54, 1.807) is 23.5 Å². The van der Waals surface area contributed by atoms with Gasteiger partial charge in [-0.1, -0.05) is 47.8 Å². The lowest BCUT2D eigenvalue weighted by molar-refractivity contribution is 0.0998. The van der Waals surface area contributed by atoms with Crippen molar-refractivity contribution < 1.29 is 9.21 Å². The molecule has 6 heteroatoms. The van der Waals surface area contributed by atoms with Crippen LogP contribution in [0.2, 0.25) is 0 Å². The van der Waals surface area contributed by atoms with Gasteiger partial charge in [0.25, 0.3) is 5.91 Å². The second-order valence-electron chi connectivity index (χ2n) is 6.98. The number of nitrogens with one attached hydrogen (secondary N) is 1. The summed E-state index contributed by atoms with van der Waals surface area (Å²) < 4.78 is 7.06. The molecular formula is C22H20N2O2S2. The third-order valence-corrected chi connectivity index (χ3v) is 7.44. The van der Waals surface area contributed by atoms with E-state index in [-0.39, 0.29) is 5.91 Å². The predicted octanol–water partition coefficient (Wildman–Crippen LogP) is 5.51. The van der Waals surface area contributed by atoms with Crippen molar-refractivity contribution in [1.29, 1.82) is 0 Å². The van der Waals surface area contributed by atoms with Gasteiger partial charge in [-0.05, 0) is 48.6 Å². The maximum Gasteiger partial charge on any atom is 0.291 e. The van der Waals surface area contributed by atoms with E-state index in [1.165, 1.54) is 17.5 Å². The van der Waals surface area contributed by atoms with Gasteiger partial charge >= 0.3 is 0 Å². The van der Waals surface area contributed by atoms with Gasteiger partial charge in [0, 0.05) is 28.1 Å². The summed E-state index contributed by atoms with van der Waals surface area (Å²) in [7, 11) is 0. The Labute approximate surface area is 172 Å². The summed E-state index contributed by atoms with van der Waals surface area (Å²) in [5.74, 6) is 1.93. The van der Waals surface area contributed by atoms with Crippen LogP contribution in [-0.4, -0.2) is 22.6 Å². The number of amides is 1. The van der Waals surface area contributed by atoms with Gasteiger partial charge in [0.05, 0.1) is 6.54 Å². The van der Waals surface area contributed by atoms with Crippen LogP contribution in [0.3, 0.4) is 0 Å². The number of carbonyl (C=O) groups excluding carboxylic acids is 1. The number of anilines is 1. The zero-order valence-corrected chi connectivity index (χ0v) is 17.0. The lowest BCUT2D eigenvalue weighted by Gasteiger charge is -2.08. The van der Waals surface area contributed by atoms with Crippen molar-refractivity contribution in [3.8, 4) is 0 Å². The highest BCUT2D eigenvalue weighted by Crippen LogP contribution is 2.33. The number of hydrogen-bond donors (Lipinski definition) is 1. The molecule has 2 heterocycles. The first-order valence-corrected chi connectivity index (χ1v) is 11.5. The van der Waals surface area contributed by atoms with E-state index in [1.807, 2.05) is 30.3 Å². The van der Waals surface area contributed by atoms with Crippen LogP contribution < -0.4 is 5.32 Å². The Hall–Kier alpha value is -2.18. The standard InChI is InChI=1S/C22H20N2O2S2/c25-21(24-16-9-8-14-4-3-5-15(14)12-16)20-18(13-28-22-23-10-11-27-22)17-6-1-2-7-19(17)26-20/h1-2,6-9,12H,3-5,10-11,13H2,(H,24,25). The van der Waals surface area contributed by atoms with Crippen molar-refractivity contribution in [2.75, 3.05) is 17.6 Å². The van der Waals surface area contributed by atoms with Crippen LogP contribution in [0.4, 0.5) is 5.69 Å². The number of hydrogen-bond acceptors (Lipinski definition) is 5. The molecule has 0 radical (unpaired) electrons. The quantitative estimate of drug-likeness (QED) is 0.618. The van der Waals surface area contributed by atoms with E-state index >= 15 is 0 Å². The number of fused-ring (bicyclic) bond motifs is 2. The molecule has 2 aliphatic rings. The van der Waals surface area contributed by atoms with Crippen LogP contribution >= 0.6 is 23.5 Å². The molecule has 1 aliphatic heterocycles. The van der Waals surface area contributed by atoms with Crippen LogP contribution in [0.15, 0.2) is 51.9 Å². The number of carbonyl (C=O) groups is 1. The highest BCUT2D eigenvalue weighted by Gasteiger charge is 2.22. The molecule has 3 aromatic rings. The Bertz CT molecular complexity index is 1090. The first kappa shape index (κ1) is 17.9. The minimum atomic E-state index is -0.189. The fraction of sp³-hybridized carbons (Fsp3) is 0.273. The first-order valence-electron chi connectivity index (χ1n) is 9.51. The van der Waals surface area contributed by atoms with E-state index in [0.29, 0.717) is 11.5 Å². The van der Waals surface area contributed by atoms with Gasteiger partial charge in [0.1, 0.15) is 9.96 Å². The fourth-order valence-electron chi connectivity index (χ4n) is 3.80. The number of aliphatic imine (C=N–C) groups is 1. The van der Waals surface area contributed by atoms with Gasteiger partial charge in [-0.2, -0.15) is 0 Å². The van der Waals surface area contributed by atoms with Gasteiger partial charge in [-0.3, -0.25) is 9.79 Å². The predicted molar refractivity (Wildman–Crippen MR) is 119 cm³/mol. The molecule has 0 spiro atoms. The number of aryl methyl sites for hydroxylation is 2. The van der Waals surface area contributed by atoms with E-state index in [0.717, 1.165) is 51.7 Å². The minimum absolute atomic E-state index is 0.189. The number of nitrogens with zero attached hydrogens (tertiary/aromatic N) is 1. The number of rotatable bonds is 4. The van der Waals surface area contributed by atoms with E-state index in [2.05, 4.69) is 22.4 Å². The van der Waals surface area contributed by atoms with E-state index in [4.69, 9.17) is 4.42 Å². The highest BCUT2D eigenvalue weighted by atomic mass is 32.2. The summed E-state index contributed by atoms with van der Waals surface area (Å²) in [4.78, 5) is 17.6. The molecule has 0 atom stereocenters. The number of thioether (sulfide) groups is 2. The van der Waals surface area contributed by atoms with Crippen molar-refractivity contribution >= 4 is 50.5 Å². The maximum absolute atomic E-state index is 13.1. The molecule has 0 saturated heterocycles. The molecule has 142 valence electrons. The average molecular weight is 409 g/mol. The Morgan fingerprint density at radius 3 is 2.96 bits per heavy atom. The zero-order chi connectivity index (χ0) is 18.9. The summed E-state index contributed by atoms with van der Waals surface area (Å²) in [5, 5.41) is 4.04. The summed E-state index contributed by atoms with van der Waals surface area (Å²) in [6, 6.07) is 14.1. The number of benzene rings is 2. The van der Waals surface area contributed by atoms with Gasteiger partial charge in [-0.25, -0.2) is 0 Å². The zero-order valence-electron chi connectivity index (χ0n) is 15.4. The Morgan fingerprint density at radius 1 is 1.18 bits per heavy atom. The number of para-hydroxylation sites is 1. The second kappa shape index (κ2) is 7.68. The topological polar surface area (TPSA) is 54.6 Å². The van der Waals surface area contributed by atoms with Gasteiger partial charge < -0.3 is 9.73 Å². The Morgan fingerprint density at radius 2 is 2.07 bits per heavy atom. The summed E-state index contributed by atoms with van der Waals surface area (Å²) in [6.45, 7) is 0.880. The van der Waals surface area contributed by atoms with Crippen molar-refractivity contribution in [2.24, 2.45) is 4.99 Å². The van der Waals surface area contributed by atoms with Crippen LogP contribution in [0.5, 0.6) is 0 Å². The number of furan rings is 1.